The number of nitrogens with zero attached hydrogens (tertiary/aromatic N) is 2. The number of benzene rings is 3. The van der Waals surface area contributed by atoms with Gasteiger partial charge in [-0.3, -0.25) is 9.69 Å². The van der Waals surface area contributed by atoms with Crippen molar-refractivity contribution < 1.29 is 23.1 Å². The maximum absolute atomic E-state index is 15.7. The Morgan fingerprint density at radius 1 is 1.12 bits per heavy atom. The van der Waals surface area contributed by atoms with Crippen molar-refractivity contribution in [2.24, 2.45) is 11.3 Å². The molecular formula is C32H31Cl2F2N3O3. The summed E-state index contributed by atoms with van der Waals surface area (Å²) in [6, 6.07) is 16.1. The zero-order valence-electron chi connectivity index (χ0n) is 23.7. The fourth-order valence-electron chi connectivity index (χ4n) is 5.94. The number of hydrogen-bond acceptors (Lipinski definition) is 5. The Morgan fingerprint density at radius 3 is 2.40 bits per heavy atom. The quantitative estimate of drug-likeness (QED) is 0.278. The second-order valence-corrected chi connectivity index (χ2v) is 12.5. The van der Waals surface area contributed by atoms with Crippen LogP contribution in [0.1, 0.15) is 54.7 Å². The third-order valence-electron chi connectivity index (χ3n) is 7.53. The first kappa shape index (κ1) is 31.4. The first-order chi connectivity index (χ1) is 19.8. The molecule has 1 aliphatic rings. The van der Waals surface area contributed by atoms with Crippen molar-refractivity contribution in [1.82, 2.24) is 4.90 Å². The molecule has 0 saturated carbocycles. The number of nitrogens with one attached hydrogen (secondary N) is 1. The molecule has 10 heteroatoms. The van der Waals surface area contributed by atoms with Crippen LogP contribution in [-0.2, 0) is 14.9 Å². The van der Waals surface area contributed by atoms with E-state index < -0.39 is 40.9 Å². The van der Waals surface area contributed by atoms with Crippen molar-refractivity contribution in [3.05, 3.63) is 99.0 Å². The van der Waals surface area contributed by atoms with Gasteiger partial charge in [-0.25, -0.2) is 13.6 Å². The van der Waals surface area contributed by atoms with E-state index in [1.165, 1.54) is 43.5 Å². The van der Waals surface area contributed by atoms with Crippen LogP contribution in [0.4, 0.5) is 14.5 Å². The summed E-state index contributed by atoms with van der Waals surface area (Å²) in [5.41, 5.74) is -0.957. The highest BCUT2D eigenvalue weighted by Crippen LogP contribution is 2.56. The Bertz CT molecular complexity index is 1540. The van der Waals surface area contributed by atoms with Gasteiger partial charge < -0.3 is 10.1 Å². The molecule has 6 nitrogen and oxygen atoms in total. The number of amides is 1. The molecule has 0 bridgehead atoms. The van der Waals surface area contributed by atoms with Crippen LogP contribution in [0, 0.1) is 34.3 Å². The minimum atomic E-state index is -1.59. The lowest BCUT2D eigenvalue weighted by molar-refractivity contribution is -0.117. The van der Waals surface area contributed by atoms with Crippen LogP contribution in [0.2, 0.25) is 10.0 Å². The molecule has 0 aromatic heterocycles. The third kappa shape index (κ3) is 6.29. The molecule has 0 spiro atoms. The normalized spacial score (nSPS) is 20.6. The molecule has 0 aliphatic carbocycles. The third-order valence-corrected chi connectivity index (χ3v) is 8.06. The number of carbonyl (C=O) groups is 2. The van der Waals surface area contributed by atoms with E-state index in [2.05, 4.69) is 11.4 Å². The molecule has 3 aromatic carbocycles. The Hall–Kier alpha value is -3.51. The number of hydrogen-bond donors (Lipinski definition) is 1. The number of halogens is 4. The largest absolute Gasteiger partial charge is 0.465 e. The van der Waals surface area contributed by atoms with Crippen LogP contribution < -0.4 is 5.32 Å². The maximum atomic E-state index is 15.7. The average molecular weight is 615 g/mol. The number of ether oxygens (including phenoxy) is 1. The molecule has 1 fully saturated rings. The smallest absolute Gasteiger partial charge is 0.337 e. The summed E-state index contributed by atoms with van der Waals surface area (Å²) in [7, 11) is 1.28. The average Bonchev–Trinajstić information content (AvgIpc) is 3.21. The molecule has 0 radical (unpaired) electrons. The second-order valence-electron chi connectivity index (χ2n) is 11.7. The molecule has 1 heterocycles. The summed E-state index contributed by atoms with van der Waals surface area (Å²) in [5.74, 6) is -2.86. The number of nitriles is 1. The summed E-state index contributed by atoms with van der Waals surface area (Å²) in [6.45, 7) is 6.01. The van der Waals surface area contributed by atoms with E-state index in [1.54, 1.807) is 23.1 Å². The predicted octanol–water partition coefficient (Wildman–Crippen LogP) is 7.57. The number of rotatable bonds is 7. The lowest BCUT2D eigenvalue weighted by Gasteiger charge is -2.38. The van der Waals surface area contributed by atoms with Crippen molar-refractivity contribution in [3.8, 4) is 6.07 Å². The number of esters is 1. The Labute approximate surface area is 254 Å². The summed E-state index contributed by atoms with van der Waals surface area (Å²) in [6.07, 6.45) is 0.481. The van der Waals surface area contributed by atoms with Gasteiger partial charge in [-0.15, -0.1) is 0 Å². The fraction of sp³-hybridized carbons (Fsp3) is 0.344. The van der Waals surface area contributed by atoms with Crippen LogP contribution in [0.5, 0.6) is 0 Å². The number of carbonyl (C=O) groups excluding carboxylic acids is 2. The van der Waals surface area contributed by atoms with Crippen LogP contribution in [0.25, 0.3) is 0 Å². The molecule has 3 atom stereocenters. The Balaban J connectivity index is 1.81. The lowest BCUT2D eigenvalue weighted by atomic mass is 9.63. The van der Waals surface area contributed by atoms with Crippen LogP contribution in [0.3, 0.4) is 0 Å². The Morgan fingerprint density at radius 2 is 1.81 bits per heavy atom. The maximum Gasteiger partial charge on any atom is 0.337 e. The molecule has 42 heavy (non-hydrogen) atoms. The molecule has 1 aliphatic heterocycles. The molecule has 220 valence electrons. The molecular weight excluding hydrogens is 583 g/mol. The molecule has 1 saturated heterocycles. The summed E-state index contributed by atoms with van der Waals surface area (Å²) in [5, 5.41) is 13.7. The first-order valence-electron chi connectivity index (χ1n) is 13.3. The topological polar surface area (TPSA) is 82.4 Å². The van der Waals surface area contributed by atoms with E-state index in [0.29, 0.717) is 17.7 Å². The van der Waals surface area contributed by atoms with E-state index in [1.807, 2.05) is 20.8 Å². The van der Waals surface area contributed by atoms with E-state index in [0.717, 1.165) is 6.07 Å². The second kappa shape index (κ2) is 12.4. The van der Waals surface area contributed by atoms with Gasteiger partial charge in [0.05, 0.1) is 36.4 Å². The van der Waals surface area contributed by atoms with Gasteiger partial charge in [0.1, 0.15) is 17.0 Å². The molecule has 3 unspecified atom stereocenters. The van der Waals surface area contributed by atoms with E-state index >= 15 is 8.78 Å². The van der Waals surface area contributed by atoms with Gasteiger partial charge in [-0.2, -0.15) is 5.26 Å². The van der Waals surface area contributed by atoms with Crippen molar-refractivity contribution in [1.29, 1.82) is 5.26 Å². The van der Waals surface area contributed by atoms with Gasteiger partial charge in [0, 0.05) is 28.4 Å². The molecule has 4 rings (SSSR count). The zero-order valence-corrected chi connectivity index (χ0v) is 25.2. The summed E-state index contributed by atoms with van der Waals surface area (Å²) >= 11 is 12.3. The predicted molar refractivity (Wildman–Crippen MR) is 158 cm³/mol. The van der Waals surface area contributed by atoms with Gasteiger partial charge in [0.15, 0.2) is 0 Å². The van der Waals surface area contributed by atoms with Crippen molar-refractivity contribution >= 4 is 40.8 Å². The standard InChI is InChI=1S/C32H31Cl2F2N3O3/c1-31(2,3)15-20-16-39(17-27(40)38-22-11-8-19(9-12-22)30(41)42-4)29(23-6-5-7-25(34)28(23)36)32(20,18-37)24-13-10-21(33)14-26(24)35/h5-14,20,29H,15-17H2,1-4H3,(H,38,40). The van der Waals surface area contributed by atoms with Gasteiger partial charge >= 0.3 is 5.97 Å². The fourth-order valence-corrected chi connectivity index (χ4v) is 6.28. The van der Waals surface area contributed by atoms with Gasteiger partial charge in [-0.05, 0) is 60.2 Å². The van der Waals surface area contributed by atoms with Gasteiger partial charge in [-0.1, -0.05) is 62.2 Å². The van der Waals surface area contributed by atoms with E-state index in [-0.39, 0.29) is 39.7 Å². The lowest BCUT2D eigenvalue weighted by Crippen LogP contribution is -2.41. The van der Waals surface area contributed by atoms with E-state index in [4.69, 9.17) is 27.9 Å². The number of methoxy groups -OCH3 is 1. The SMILES string of the molecule is COC(=O)c1ccc(NC(=O)CN2CC(CC(C)(C)C)C(C#N)(c3ccc(Cl)cc3F)C2c2cccc(Cl)c2F)cc1. The highest BCUT2D eigenvalue weighted by Gasteiger charge is 2.58. The number of likely N-dealkylation sites (tertiary alicyclic amines) is 1. The monoisotopic (exact) mass is 613 g/mol. The van der Waals surface area contributed by atoms with Crippen LogP contribution >= 0.6 is 23.2 Å². The minimum absolute atomic E-state index is 0.0781. The highest BCUT2D eigenvalue weighted by atomic mass is 35.5. The van der Waals surface area contributed by atoms with Crippen molar-refractivity contribution in [3.63, 3.8) is 0 Å². The molecule has 1 N–H and O–H groups in total. The Kier molecular flexibility index (Phi) is 9.27. The zero-order chi connectivity index (χ0) is 30.8. The highest BCUT2D eigenvalue weighted by molar-refractivity contribution is 6.31. The molecule has 1 amide bonds. The summed E-state index contributed by atoms with van der Waals surface area (Å²) in [4.78, 5) is 26.8. The van der Waals surface area contributed by atoms with Crippen molar-refractivity contribution in [2.45, 2.75) is 38.6 Å². The minimum Gasteiger partial charge on any atom is -0.465 e. The van der Waals surface area contributed by atoms with E-state index in [9.17, 15) is 14.9 Å². The van der Waals surface area contributed by atoms with Gasteiger partial charge in [0.2, 0.25) is 5.91 Å². The van der Waals surface area contributed by atoms with Gasteiger partial charge in [0.25, 0.3) is 0 Å². The molecule has 3 aromatic rings. The summed E-state index contributed by atoms with van der Waals surface area (Å²) < 4.78 is 36.2. The van der Waals surface area contributed by atoms with Crippen molar-refractivity contribution in [2.75, 3.05) is 25.5 Å². The van der Waals surface area contributed by atoms with Crippen LogP contribution in [0.15, 0.2) is 60.7 Å². The first-order valence-corrected chi connectivity index (χ1v) is 14.1. The van der Waals surface area contributed by atoms with Crippen LogP contribution in [-0.4, -0.2) is 37.0 Å². The number of anilines is 1.